The Balaban J connectivity index is 1.95. The molecule has 1 heterocycles. The third kappa shape index (κ3) is 5.49. The van der Waals surface area contributed by atoms with E-state index in [9.17, 15) is 17.2 Å². The summed E-state index contributed by atoms with van der Waals surface area (Å²) in [6.45, 7) is 2.76. The van der Waals surface area contributed by atoms with Gasteiger partial charge >= 0.3 is 0 Å². The van der Waals surface area contributed by atoms with Crippen molar-refractivity contribution in [2.75, 3.05) is 41.2 Å². The third-order valence-electron chi connectivity index (χ3n) is 4.64. The number of hydrogen-bond acceptors (Lipinski definition) is 7. The third-order valence-corrected chi connectivity index (χ3v) is 7.15. The van der Waals surface area contributed by atoms with Gasteiger partial charge in [-0.05, 0) is 38.2 Å². The molecular formula is C20H21Cl2F2N5O3S. The molecule has 2 aromatic carbocycles. The van der Waals surface area contributed by atoms with Crippen LogP contribution in [0.25, 0.3) is 0 Å². The van der Waals surface area contributed by atoms with Gasteiger partial charge in [0.1, 0.15) is 22.3 Å². The summed E-state index contributed by atoms with van der Waals surface area (Å²) in [5.41, 5.74) is 1.04. The Kier molecular flexibility index (Phi) is 7.68. The van der Waals surface area contributed by atoms with Gasteiger partial charge in [0.2, 0.25) is 5.82 Å². The summed E-state index contributed by atoms with van der Waals surface area (Å²) in [7, 11) is -0.967. The maximum absolute atomic E-state index is 14.9. The van der Waals surface area contributed by atoms with E-state index in [1.165, 1.54) is 24.3 Å². The quantitative estimate of drug-likeness (QED) is 0.397. The highest BCUT2D eigenvalue weighted by Crippen LogP contribution is 2.36. The first-order valence-corrected chi connectivity index (χ1v) is 11.8. The molecule has 3 aromatic rings. The Hall–Kier alpha value is -2.60. The summed E-state index contributed by atoms with van der Waals surface area (Å²) in [6.07, 6.45) is 0. The predicted molar refractivity (Wildman–Crippen MR) is 125 cm³/mol. The van der Waals surface area contributed by atoms with Crippen LogP contribution in [0.5, 0.6) is 0 Å². The molecule has 0 aliphatic carbocycles. The molecule has 3 rings (SSSR count). The summed E-state index contributed by atoms with van der Waals surface area (Å²) in [5, 5.41) is 9.37. The summed E-state index contributed by atoms with van der Waals surface area (Å²) >= 11 is 12.2. The number of sulfonamides is 1. The van der Waals surface area contributed by atoms with E-state index in [0.29, 0.717) is 30.2 Å². The van der Waals surface area contributed by atoms with Crippen molar-refractivity contribution in [3.63, 3.8) is 0 Å². The highest BCUT2D eigenvalue weighted by molar-refractivity contribution is 7.94. The second-order valence-electron chi connectivity index (χ2n) is 7.09. The highest BCUT2D eigenvalue weighted by Gasteiger charge is 2.30. The second-order valence-corrected chi connectivity index (χ2v) is 9.79. The molecular weight excluding hydrogens is 499 g/mol. The molecule has 33 heavy (non-hydrogen) atoms. The molecule has 0 radical (unpaired) electrons. The number of rotatable bonds is 9. The maximum Gasteiger partial charge on any atom is 0.282 e. The minimum absolute atomic E-state index is 0.0846. The van der Waals surface area contributed by atoms with Crippen molar-refractivity contribution in [2.24, 2.45) is 0 Å². The number of aromatic nitrogens is 1. The molecule has 2 N–H and O–H groups in total. The van der Waals surface area contributed by atoms with Crippen molar-refractivity contribution in [3.05, 3.63) is 58.8 Å². The monoisotopic (exact) mass is 519 g/mol. The molecule has 0 fully saturated rings. The molecule has 0 saturated carbocycles. The van der Waals surface area contributed by atoms with Crippen molar-refractivity contribution >= 4 is 56.3 Å². The molecule has 1 aromatic heterocycles. The van der Waals surface area contributed by atoms with Crippen LogP contribution in [0, 0.1) is 18.6 Å². The van der Waals surface area contributed by atoms with E-state index in [1.807, 2.05) is 0 Å². The lowest BCUT2D eigenvalue weighted by atomic mass is 10.2. The summed E-state index contributed by atoms with van der Waals surface area (Å²) in [6, 6.07) is 7.19. The van der Waals surface area contributed by atoms with Crippen LogP contribution < -0.4 is 19.4 Å². The van der Waals surface area contributed by atoms with Crippen LogP contribution >= 0.6 is 23.4 Å². The largest absolute Gasteiger partial charge is 0.372 e. The number of benzene rings is 2. The molecule has 0 unspecified atom stereocenters. The fourth-order valence-electron chi connectivity index (χ4n) is 2.94. The van der Waals surface area contributed by atoms with Gasteiger partial charge in [0.05, 0.1) is 22.1 Å². The lowest BCUT2D eigenvalue weighted by molar-refractivity contribution is 0.399. The Morgan fingerprint density at radius 3 is 2.52 bits per heavy atom. The Morgan fingerprint density at radius 1 is 1.15 bits per heavy atom. The minimum Gasteiger partial charge on any atom is -0.372 e. The minimum atomic E-state index is -4.53. The number of hydrogen-bond donors (Lipinski definition) is 2. The molecule has 0 spiro atoms. The van der Waals surface area contributed by atoms with E-state index in [0.717, 1.165) is 12.1 Å². The Morgan fingerprint density at radius 2 is 1.88 bits per heavy atom. The van der Waals surface area contributed by atoms with Gasteiger partial charge in [0, 0.05) is 44.0 Å². The van der Waals surface area contributed by atoms with E-state index in [-0.39, 0.29) is 20.4 Å². The van der Waals surface area contributed by atoms with Crippen LogP contribution in [-0.4, -0.2) is 40.8 Å². The molecule has 13 heteroatoms. The van der Waals surface area contributed by atoms with E-state index >= 15 is 0 Å². The number of aryl methyl sites for hydroxylation is 1. The predicted octanol–water partition coefficient (Wildman–Crippen LogP) is 4.66. The zero-order chi connectivity index (χ0) is 24.3. The molecule has 8 nitrogen and oxygen atoms in total. The number of nitrogens with one attached hydrogen (secondary N) is 2. The molecule has 0 aliphatic heterocycles. The Bertz CT molecular complexity index is 1260. The molecule has 178 valence electrons. The van der Waals surface area contributed by atoms with Crippen LogP contribution in [0.15, 0.2) is 45.8 Å². The topological polar surface area (TPSA) is 90.7 Å². The van der Waals surface area contributed by atoms with Crippen molar-refractivity contribution < 1.29 is 21.7 Å². The van der Waals surface area contributed by atoms with Gasteiger partial charge in [-0.25, -0.2) is 8.78 Å². The van der Waals surface area contributed by atoms with Gasteiger partial charge in [0.15, 0.2) is 0 Å². The summed E-state index contributed by atoms with van der Waals surface area (Å²) in [4.78, 5) is 1.05. The Labute approximate surface area is 200 Å². The van der Waals surface area contributed by atoms with Gasteiger partial charge in [0.25, 0.3) is 10.0 Å². The average molecular weight is 520 g/mol. The summed E-state index contributed by atoms with van der Waals surface area (Å²) in [5.74, 6) is -1.46. The number of anilines is 4. The van der Waals surface area contributed by atoms with Crippen LogP contribution in [0.1, 0.15) is 5.76 Å². The van der Waals surface area contributed by atoms with E-state index in [1.54, 1.807) is 25.9 Å². The lowest BCUT2D eigenvalue weighted by Gasteiger charge is -2.23. The number of likely N-dealkylation sites (N-methyl/N-ethyl adjacent to an activating group) is 2. The highest BCUT2D eigenvalue weighted by atomic mass is 35.5. The first-order valence-electron chi connectivity index (χ1n) is 9.60. The summed E-state index contributed by atoms with van der Waals surface area (Å²) < 4.78 is 59.5. The van der Waals surface area contributed by atoms with Gasteiger partial charge in [-0.2, -0.15) is 12.2 Å². The second kappa shape index (κ2) is 10.1. The first-order chi connectivity index (χ1) is 15.5. The fourth-order valence-corrected chi connectivity index (χ4v) is 4.59. The maximum atomic E-state index is 14.9. The van der Waals surface area contributed by atoms with Crippen molar-refractivity contribution in [1.82, 2.24) is 10.5 Å². The van der Waals surface area contributed by atoms with Crippen LogP contribution in [0.4, 0.5) is 31.7 Å². The van der Waals surface area contributed by atoms with E-state index in [2.05, 4.69) is 15.8 Å². The standard InChI is InChI=1S/C20H21Cl2F2N5O3S/c1-12-8-20(27-32-12)29(22)33(30,31)19-10-14(21)17(11-15(19)24)26-16-5-4-13(23)9-18(16)28(3)7-6-25-2/h4-5,8-11,25-26H,6-7H2,1-3H3. The fraction of sp³-hybridized carbons (Fsp3) is 0.250. The van der Waals surface area contributed by atoms with E-state index in [4.69, 9.17) is 27.9 Å². The van der Waals surface area contributed by atoms with Gasteiger partial charge in [-0.15, -0.1) is 0 Å². The van der Waals surface area contributed by atoms with Gasteiger partial charge in [-0.1, -0.05) is 16.8 Å². The zero-order valence-corrected chi connectivity index (χ0v) is 20.2. The van der Waals surface area contributed by atoms with Crippen molar-refractivity contribution in [1.29, 1.82) is 0 Å². The van der Waals surface area contributed by atoms with Crippen LogP contribution in [-0.2, 0) is 10.0 Å². The van der Waals surface area contributed by atoms with Crippen LogP contribution in [0.3, 0.4) is 0 Å². The van der Waals surface area contributed by atoms with Crippen molar-refractivity contribution in [3.8, 4) is 0 Å². The van der Waals surface area contributed by atoms with E-state index < -0.39 is 26.6 Å². The SMILES string of the molecule is CNCCN(C)c1cc(F)ccc1Nc1cc(F)c(S(=O)(=O)N(Cl)c2cc(C)on2)cc1Cl. The molecule has 0 amide bonds. The zero-order valence-electron chi connectivity index (χ0n) is 17.9. The molecule has 0 aliphatic rings. The van der Waals surface area contributed by atoms with Crippen molar-refractivity contribution in [2.45, 2.75) is 11.8 Å². The number of halogens is 4. The lowest BCUT2D eigenvalue weighted by Crippen LogP contribution is -2.27. The first kappa shape index (κ1) is 25.0. The van der Waals surface area contributed by atoms with Crippen LogP contribution in [0.2, 0.25) is 5.02 Å². The molecule has 0 bridgehead atoms. The van der Waals surface area contributed by atoms with Gasteiger partial charge in [-0.3, -0.25) is 0 Å². The smallest absolute Gasteiger partial charge is 0.282 e. The molecule has 0 atom stereocenters. The van der Waals surface area contributed by atoms with Gasteiger partial charge < -0.3 is 20.1 Å². The average Bonchev–Trinajstić information content (AvgIpc) is 3.20. The molecule has 0 saturated heterocycles. The normalized spacial score (nSPS) is 11.5. The number of nitrogens with zero attached hydrogens (tertiary/aromatic N) is 3.